The Labute approximate surface area is 130 Å². The number of rotatable bonds is 9. The van der Waals surface area contributed by atoms with Crippen LogP contribution in [0.5, 0.6) is 0 Å². The quantitative estimate of drug-likeness (QED) is 0.602. The fourth-order valence-corrected chi connectivity index (χ4v) is 2.49. The van der Waals surface area contributed by atoms with E-state index in [9.17, 15) is 0 Å². The minimum atomic E-state index is 0.332. The van der Waals surface area contributed by atoms with Gasteiger partial charge in [0.1, 0.15) is 0 Å². The third-order valence-corrected chi connectivity index (χ3v) is 4.46. The van der Waals surface area contributed by atoms with Crippen molar-refractivity contribution in [1.29, 1.82) is 0 Å². The summed E-state index contributed by atoms with van der Waals surface area (Å²) >= 11 is 9.48. The predicted molar refractivity (Wildman–Crippen MR) is 89.0 cm³/mol. The summed E-state index contributed by atoms with van der Waals surface area (Å²) in [6, 6.07) is 6.25. The van der Waals surface area contributed by atoms with E-state index in [0.29, 0.717) is 12.6 Å². The van der Waals surface area contributed by atoms with Crippen molar-refractivity contribution < 1.29 is 0 Å². The molecule has 2 nitrogen and oxygen atoms in total. The van der Waals surface area contributed by atoms with Gasteiger partial charge in [-0.15, -0.1) is 0 Å². The molecule has 108 valence electrons. The Hall–Kier alpha value is -0.250. The maximum absolute atomic E-state index is 6.08. The normalized spacial score (nSPS) is 12.4. The molecule has 0 spiro atoms. The summed E-state index contributed by atoms with van der Waals surface area (Å²) in [7, 11) is 0. The molecule has 3 N–H and O–H groups in total. The molecule has 0 amide bonds. The largest absolute Gasteiger partial charge is 0.381 e. The lowest BCUT2D eigenvalue weighted by atomic mass is 10.1. The van der Waals surface area contributed by atoms with Crippen molar-refractivity contribution in [3.63, 3.8) is 0 Å². The first-order valence-corrected chi connectivity index (χ1v) is 8.26. The lowest BCUT2D eigenvalue weighted by Gasteiger charge is -2.18. The summed E-state index contributed by atoms with van der Waals surface area (Å²) in [5, 5.41) is 4.18. The van der Waals surface area contributed by atoms with Crippen molar-refractivity contribution in [3.05, 3.63) is 27.7 Å². The van der Waals surface area contributed by atoms with Crippen molar-refractivity contribution in [2.45, 2.75) is 51.5 Å². The molecule has 0 saturated heterocycles. The van der Waals surface area contributed by atoms with Gasteiger partial charge in [0.2, 0.25) is 0 Å². The summed E-state index contributed by atoms with van der Waals surface area (Å²) in [5.74, 6) is 0. The summed E-state index contributed by atoms with van der Waals surface area (Å²) in [4.78, 5) is 0. The second kappa shape index (κ2) is 9.62. The number of anilines is 1. The fourth-order valence-electron chi connectivity index (χ4n) is 2.06. The average Bonchev–Trinajstić information content (AvgIpc) is 2.41. The Morgan fingerprint density at radius 2 is 2.00 bits per heavy atom. The number of halogens is 2. The van der Waals surface area contributed by atoms with Crippen LogP contribution < -0.4 is 11.1 Å². The number of nitrogens with one attached hydrogen (secondary N) is 1. The Morgan fingerprint density at radius 3 is 2.63 bits per heavy atom. The van der Waals surface area contributed by atoms with E-state index in [1.165, 1.54) is 32.1 Å². The summed E-state index contributed by atoms with van der Waals surface area (Å²) in [5.41, 5.74) is 6.86. The standard InChI is InChI=1S/C15H24BrClN2/c1-2-3-4-5-6-7-13(11-18)19-12-8-9-14(16)15(17)10-12/h8-10,13,19H,2-7,11,18H2,1H3. The maximum atomic E-state index is 6.08. The van der Waals surface area contributed by atoms with E-state index in [2.05, 4.69) is 28.2 Å². The van der Waals surface area contributed by atoms with Gasteiger partial charge >= 0.3 is 0 Å². The van der Waals surface area contributed by atoms with Crippen LogP contribution in [0.1, 0.15) is 45.4 Å². The predicted octanol–water partition coefficient (Wildman–Crippen LogP) is 5.20. The van der Waals surface area contributed by atoms with Crippen LogP contribution in [0.2, 0.25) is 5.02 Å². The first-order valence-electron chi connectivity index (χ1n) is 7.09. The average molecular weight is 348 g/mol. The summed E-state index contributed by atoms with van der Waals surface area (Å²) in [6.45, 7) is 2.89. The Balaban J connectivity index is 2.36. The van der Waals surface area contributed by atoms with Crippen LogP contribution in [0, 0.1) is 0 Å². The fraction of sp³-hybridized carbons (Fsp3) is 0.600. The van der Waals surface area contributed by atoms with Gasteiger partial charge < -0.3 is 11.1 Å². The van der Waals surface area contributed by atoms with Crippen LogP contribution in [0.25, 0.3) is 0 Å². The van der Waals surface area contributed by atoms with E-state index in [0.717, 1.165) is 21.6 Å². The molecule has 1 rings (SSSR count). The number of nitrogens with two attached hydrogens (primary N) is 1. The van der Waals surface area contributed by atoms with Crippen LogP contribution >= 0.6 is 27.5 Å². The molecule has 1 unspecified atom stereocenters. The van der Waals surface area contributed by atoms with Gasteiger partial charge in [-0.3, -0.25) is 0 Å². The number of hydrogen-bond donors (Lipinski definition) is 2. The molecule has 0 heterocycles. The molecule has 0 aliphatic rings. The van der Waals surface area contributed by atoms with Gasteiger partial charge in [0.25, 0.3) is 0 Å². The molecule has 4 heteroatoms. The molecule has 0 aliphatic heterocycles. The molecule has 19 heavy (non-hydrogen) atoms. The second-order valence-corrected chi connectivity index (χ2v) is 6.17. The highest BCUT2D eigenvalue weighted by Gasteiger charge is 2.07. The van der Waals surface area contributed by atoms with Crippen LogP contribution in [-0.4, -0.2) is 12.6 Å². The minimum absolute atomic E-state index is 0.332. The van der Waals surface area contributed by atoms with Gasteiger partial charge in [0, 0.05) is 22.7 Å². The molecule has 0 fully saturated rings. The van der Waals surface area contributed by atoms with Crippen molar-refractivity contribution in [3.8, 4) is 0 Å². The molecular weight excluding hydrogens is 324 g/mol. The SMILES string of the molecule is CCCCCCCC(CN)Nc1ccc(Br)c(Cl)c1. The van der Waals surface area contributed by atoms with E-state index in [1.54, 1.807) is 0 Å². The smallest absolute Gasteiger partial charge is 0.0568 e. The first kappa shape index (κ1) is 16.8. The lowest BCUT2D eigenvalue weighted by Crippen LogP contribution is -2.28. The molecule has 1 aromatic rings. The van der Waals surface area contributed by atoms with Crippen LogP contribution in [0.4, 0.5) is 5.69 Å². The number of unbranched alkanes of at least 4 members (excludes halogenated alkanes) is 4. The van der Waals surface area contributed by atoms with Gasteiger partial charge in [-0.2, -0.15) is 0 Å². The summed E-state index contributed by atoms with van der Waals surface area (Å²) in [6.07, 6.45) is 7.61. The van der Waals surface area contributed by atoms with E-state index < -0.39 is 0 Å². The molecule has 0 saturated carbocycles. The molecule has 0 radical (unpaired) electrons. The van der Waals surface area contributed by atoms with Crippen LogP contribution in [0.3, 0.4) is 0 Å². The monoisotopic (exact) mass is 346 g/mol. The Morgan fingerprint density at radius 1 is 1.26 bits per heavy atom. The molecular formula is C15H24BrClN2. The topological polar surface area (TPSA) is 38.0 Å². The zero-order chi connectivity index (χ0) is 14.1. The highest BCUT2D eigenvalue weighted by atomic mass is 79.9. The van der Waals surface area contributed by atoms with E-state index >= 15 is 0 Å². The number of benzene rings is 1. The maximum Gasteiger partial charge on any atom is 0.0568 e. The van der Waals surface area contributed by atoms with Crippen molar-refractivity contribution in [2.24, 2.45) is 5.73 Å². The molecule has 1 atom stereocenters. The number of hydrogen-bond acceptors (Lipinski definition) is 2. The second-order valence-electron chi connectivity index (χ2n) is 4.91. The molecule has 1 aromatic carbocycles. The zero-order valence-electron chi connectivity index (χ0n) is 11.6. The van der Waals surface area contributed by atoms with Gasteiger partial charge in [0.05, 0.1) is 5.02 Å². The molecule has 0 aliphatic carbocycles. The van der Waals surface area contributed by atoms with E-state index in [4.69, 9.17) is 17.3 Å². The van der Waals surface area contributed by atoms with Gasteiger partial charge in [-0.25, -0.2) is 0 Å². The molecule has 0 bridgehead atoms. The zero-order valence-corrected chi connectivity index (χ0v) is 13.9. The third kappa shape index (κ3) is 6.64. The Bertz CT molecular complexity index is 371. The van der Waals surface area contributed by atoms with Crippen LogP contribution in [-0.2, 0) is 0 Å². The van der Waals surface area contributed by atoms with Crippen LogP contribution in [0.15, 0.2) is 22.7 Å². The van der Waals surface area contributed by atoms with Crippen molar-refractivity contribution in [1.82, 2.24) is 0 Å². The van der Waals surface area contributed by atoms with E-state index in [1.807, 2.05) is 18.2 Å². The minimum Gasteiger partial charge on any atom is -0.381 e. The van der Waals surface area contributed by atoms with E-state index in [-0.39, 0.29) is 0 Å². The van der Waals surface area contributed by atoms with Crippen molar-refractivity contribution in [2.75, 3.05) is 11.9 Å². The molecule has 0 aromatic heterocycles. The third-order valence-electron chi connectivity index (χ3n) is 3.23. The lowest BCUT2D eigenvalue weighted by molar-refractivity contribution is 0.563. The summed E-state index contributed by atoms with van der Waals surface area (Å²) < 4.78 is 0.920. The highest BCUT2D eigenvalue weighted by Crippen LogP contribution is 2.26. The Kier molecular flexibility index (Phi) is 8.51. The first-order chi connectivity index (χ1) is 9.17. The van der Waals surface area contributed by atoms with Gasteiger partial charge in [-0.1, -0.05) is 50.6 Å². The van der Waals surface area contributed by atoms with Gasteiger partial charge in [0.15, 0.2) is 0 Å². The highest BCUT2D eigenvalue weighted by molar-refractivity contribution is 9.10. The van der Waals surface area contributed by atoms with Gasteiger partial charge in [-0.05, 0) is 40.5 Å². The van der Waals surface area contributed by atoms with Crippen molar-refractivity contribution >= 4 is 33.2 Å².